The second-order valence-corrected chi connectivity index (χ2v) is 12.1. The summed E-state index contributed by atoms with van der Waals surface area (Å²) in [5.41, 5.74) is 21.2. The first-order valence-corrected chi connectivity index (χ1v) is 15.1. The van der Waals surface area contributed by atoms with Crippen LogP contribution in [0.15, 0.2) is 146 Å². The third-order valence-electron chi connectivity index (χ3n) is 8.93. The maximum absolute atomic E-state index is 6.62. The average Bonchev–Trinajstić information content (AvgIpc) is 3.29. The normalized spacial score (nSPS) is 13.7. The summed E-state index contributed by atoms with van der Waals surface area (Å²) in [6.07, 6.45) is 0.774. The van der Waals surface area contributed by atoms with Gasteiger partial charge in [0.25, 0.3) is 0 Å². The molecule has 43 heavy (non-hydrogen) atoms. The Morgan fingerprint density at radius 3 is 2.00 bits per heavy atom. The first kappa shape index (κ1) is 26.9. The number of hydrogen-bond acceptors (Lipinski definition) is 2. The Hall–Kier alpha value is -4.92. The molecule has 0 amide bonds. The monoisotopic (exact) mass is 556 g/mol. The molecule has 0 fully saturated rings. The lowest BCUT2D eigenvalue weighted by Gasteiger charge is -2.23. The highest BCUT2D eigenvalue weighted by Crippen LogP contribution is 2.54. The van der Waals surface area contributed by atoms with Gasteiger partial charge in [-0.15, -0.1) is 0 Å². The number of nitrogens with two attached hydrogens (primary N) is 1. The van der Waals surface area contributed by atoms with Crippen molar-refractivity contribution in [1.29, 1.82) is 0 Å². The molecular formula is C41H36N2. The molecule has 2 heteroatoms. The second kappa shape index (κ2) is 11.1. The van der Waals surface area contributed by atoms with Gasteiger partial charge in [-0.3, -0.25) is 0 Å². The summed E-state index contributed by atoms with van der Waals surface area (Å²) >= 11 is 0. The Bertz CT molecular complexity index is 1890. The van der Waals surface area contributed by atoms with Gasteiger partial charge in [-0.2, -0.15) is 0 Å². The predicted octanol–water partition coefficient (Wildman–Crippen LogP) is 10.3. The van der Waals surface area contributed by atoms with Gasteiger partial charge in [0, 0.05) is 28.3 Å². The number of nitrogens with one attached hydrogen (secondary N) is 1. The van der Waals surface area contributed by atoms with E-state index in [1.54, 1.807) is 0 Å². The van der Waals surface area contributed by atoms with Gasteiger partial charge in [-0.1, -0.05) is 147 Å². The largest absolute Gasteiger partial charge is 0.354 e. The third-order valence-corrected chi connectivity index (χ3v) is 8.93. The molecule has 0 unspecified atom stereocenters. The van der Waals surface area contributed by atoms with E-state index in [0.29, 0.717) is 0 Å². The molecule has 0 spiro atoms. The van der Waals surface area contributed by atoms with Crippen molar-refractivity contribution < 1.29 is 0 Å². The predicted molar refractivity (Wildman–Crippen MR) is 182 cm³/mol. The summed E-state index contributed by atoms with van der Waals surface area (Å²) in [6, 6.07) is 52.0. The van der Waals surface area contributed by atoms with Crippen molar-refractivity contribution in [1.82, 2.24) is 0 Å². The average molecular weight is 557 g/mol. The van der Waals surface area contributed by atoms with Crippen molar-refractivity contribution in [3.05, 3.63) is 168 Å². The number of benzene rings is 6. The minimum atomic E-state index is -0.0810. The van der Waals surface area contributed by atoms with Gasteiger partial charge in [-0.25, -0.2) is 0 Å². The quantitative estimate of drug-likeness (QED) is 0.205. The van der Waals surface area contributed by atoms with Gasteiger partial charge >= 0.3 is 0 Å². The second-order valence-electron chi connectivity index (χ2n) is 12.1. The lowest BCUT2D eigenvalue weighted by atomic mass is 9.82. The third kappa shape index (κ3) is 5.05. The number of hydrogen-bond donors (Lipinski definition) is 2. The van der Waals surface area contributed by atoms with E-state index in [9.17, 15) is 0 Å². The minimum absolute atomic E-state index is 0.0520. The molecule has 1 aliphatic carbocycles. The van der Waals surface area contributed by atoms with Crippen LogP contribution in [0.25, 0.3) is 33.4 Å². The summed E-state index contributed by atoms with van der Waals surface area (Å²) in [5, 5.41) is 3.91. The van der Waals surface area contributed by atoms with E-state index >= 15 is 0 Å². The van der Waals surface area contributed by atoms with E-state index in [2.05, 4.69) is 159 Å². The molecule has 1 atom stereocenters. The molecule has 0 aromatic heterocycles. The van der Waals surface area contributed by atoms with Crippen LogP contribution in [-0.4, -0.2) is 0 Å². The van der Waals surface area contributed by atoms with E-state index in [4.69, 9.17) is 5.73 Å². The SMILES string of the molecule is CC1(C)c2ccccc2-c2c1ccc(-c1ccc(-c3ccccc3)cc1)c2Nc1cccc(C[C@@H](N)c2ccccc2)c1. The number of rotatable bonds is 7. The van der Waals surface area contributed by atoms with Crippen LogP contribution in [0.3, 0.4) is 0 Å². The zero-order valence-corrected chi connectivity index (χ0v) is 24.7. The molecule has 7 rings (SSSR count). The highest BCUT2D eigenvalue weighted by Gasteiger charge is 2.37. The van der Waals surface area contributed by atoms with Crippen LogP contribution in [0.5, 0.6) is 0 Å². The molecule has 6 aromatic carbocycles. The van der Waals surface area contributed by atoms with Crippen LogP contribution < -0.4 is 11.1 Å². The fraction of sp³-hybridized carbons (Fsp3) is 0.122. The summed E-state index contributed by atoms with van der Waals surface area (Å²) in [7, 11) is 0. The van der Waals surface area contributed by atoms with Crippen LogP contribution in [0.1, 0.15) is 42.1 Å². The maximum Gasteiger partial charge on any atom is 0.0546 e. The highest BCUT2D eigenvalue weighted by molar-refractivity contribution is 5.99. The standard InChI is InChI=1S/C41H36N2/c1-41(2)36-19-10-9-18-35(36)39-37(41)25-24-34(31-22-20-30(21-23-31)29-13-5-3-6-14-29)40(39)43-33-17-11-12-28(26-33)27-38(42)32-15-7-4-8-16-32/h3-26,38,43H,27,42H2,1-2H3/t38-/m1/s1. The topological polar surface area (TPSA) is 38.0 Å². The number of fused-ring (bicyclic) bond motifs is 3. The van der Waals surface area contributed by atoms with E-state index in [1.165, 1.54) is 50.1 Å². The number of anilines is 2. The van der Waals surface area contributed by atoms with Crippen molar-refractivity contribution in [3.8, 4) is 33.4 Å². The van der Waals surface area contributed by atoms with Gasteiger partial charge in [0.05, 0.1) is 5.69 Å². The van der Waals surface area contributed by atoms with Gasteiger partial charge in [0.2, 0.25) is 0 Å². The van der Waals surface area contributed by atoms with Crippen LogP contribution >= 0.6 is 0 Å². The summed E-state index contributed by atoms with van der Waals surface area (Å²) in [4.78, 5) is 0. The highest BCUT2D eigenvalue weighted by atomic mass is 14.9. The van der Waals surface area contributed by atoms with Crippen molar-refractivity contribution in [2.45, 2.75) is 31.7 Å². The van der Waals surface area contributed by atoms with Gasteiger partial charge < -0.3 is 11.1 Å². The summed E-state index contributed by atoms with van der Waals surface area (Å²) in [6.45, 7) is 4.67. The fourth-order valence-corrected chi connectivity index (χ4v) is 6.63. The minimum Gasteiger partial charge on any atom is -0.354 e. The van der Waals surface area contributed by atoms with Crippen LogP contribution in [-0.2, 0) is 11.8 Å². The molecule has 2 nitrogen and oxygen atoms in total. The zero-order chi connectivity index (χ0) is 29.4. The molecule has 3 N–H and O–H groups in total. The molecule has 1 aliphatic rings. The molecule has 0 radical (unpaired) electrons. The molecule has 0 aliphatic heterocycles. The van der Waals surface area contributed by atoms with Gasteiger partial charge in [0.1, 0.15) is 0 Å². The lowest BCUT2D eigenvalue weighted by Crippen LogP contribution is -2.15. The van der Waals surface area contributed by atoms with Gasteiger partial charge in [0.15, 0.2) is 0 Å². The van der Waals surface area contributed by atoms with Crippen LogP contribution in [0, 0.1) is 0 Å². The van der Waals surface area contributed by atoms with E-state index < -0.39 is 0 Å². The first-order chi connectivity index (χ1) is 21.0. The molecule has 210 valence electrons. The van der Waals surface area contributed by atoms with Crippen molar-refractivity contribution >= 4 is 11.4 Å². The smallest absolute Gasteiger partial charge is 0.0546 e. The lowest BCUT2D eigenvalue weighted by molar-refractivity contribution is 0.660. The molecule has 0 bridgehead atoms. The summed E-state index contributed by atoms with van der Waals surface area (Å²) in [5.74, 6) is 0. The Morgan fingerprint density at radius 2 is 1.23 bits per heavy atom. The van der Waals surface area contributed by atoms with Crippen molar-refractivity contribution in [2.24, 2.45) is 5.73 Å². The Labute approximate surface area is 254 Å². The van der Waals surface area contributed by atoms with Crippen LogP contribution in [0.2, 0.25) is 0 Å². The first-order valence-electron chi connectivity index (χ1n) is 15.1. The molecule has 0 heterocycles. The van der Waals surface area contributed by atoms with Crippen LogP contribution in [0.4, 0.5) is 11.4 Å². The molecular weight excluding hydrogens is 520 g/mol. The van der Waals surface area contributed by atoms with E-state index in [1.807, 2.05) is 6.07 Å². The Balaban J connectivity index is 1.31. The van der Waals surface area contributed by atoms with Gasteiger partial charge in [-0.05, 0) is 63.1 Å². The zero-order valence-electron chi connectivity index (χ0n) is 24.7. The molecule has 0 saturated carbocycles. The van der Waals surface area contributed by atoms with Crippen molar-refractivity contribution in [3.63, 3.8) is 0 Å². The Kier molecular flexibility index (Phi) is 6.93. The Morgan fingerprint density at radius 1 is 0.581 bits per heavy atom. The molecule has 0 saturated heterocycles. The maximum atomic E-state index is 6.62. The molecule has 6 aromatic rings. The van der Waals surface area contributed by atoms with E-state index in [0.717, 1.165) is 23.4 Å². The fourth-order valence-electron chi connectivity index (χ4n) is 6.63. The van der Waals surface area contributed by atoms with E-state index in [-0.39, 0.29) is 11.5 Å². The van der Waals surface area contributed by atoms with Crippen molar-refractivity contribution in [2.75, 3.05) is 5.32 Å². The summed E-state index contributed by atoms with van der Waals surface area (Å²) < 4.78 is 0.